The minimum atomic E-state index is -0.125. The molecular weight excluding hydrogens is 631 g/mol. The number of carbonyl (C=O) groups is 2. The molecule has 0 saturated heterocycles. The van der Waals surface area contributed by atoms with E-state index in [1.54, 1.807) is 0 Å². The van der Waals surface area contributed by atoms with Gasteiger partial charge in [-0.2, -0.15) is 0 Å². The number of aliphatic hydroxyl groups is 2. The van der Waals surface area contributed by atoms with Crippen molar-refractivity contribution < 1.29 is 36.3 Å². The first kappa shape index (κ1) is 38.6. The van der Waals surface area contributed by atoms with E-state index in [1.807, 2.05) is 0 Å². The van der Waals surface area contributed by atoms with Gasteiger partial charge in [-0.05, 0) is 96.9 Å². The van der Waals surface area contributed by atoms with Crippen LogP contribution in [0.3, 0.4) is 0 Å². The fourth-order valence-corrected chi connectivity index (χ4v) is 5.73. The molecule has 0 atom stereocenters. The maximum absolute atomic E-state index is 10.0. The maximum atomic E-state index is 10.0. The summed E-state index contributed by atoms with van der Waals surface area (Å²) in [4.78, 5) is 30.6. The molecule has 0 aliphatic heterocycles. The van der Waals surface area contributed by atoms with Crippen molar-refractivity contribution >= 4 is 45.1 Å². The van der Waals surface area contributed by atoms with Crippen LogP contribution >= 0.6 is 0 Å². The third kappa shape index (κ3) is 10.2. The Labute approximate surface area is 288 Å². The van der Waals surface area contributed by atoms with Gasteiger partial charge in [0, 0.05) is 45.2 Å². The Kier molecular flexibility index (Phi) is 13.8. The molecule has 7 heteroatoms. The number of benzene rings is 4. The fourth-order valence-electron chi connectivity index (χ4n) is 5.73. The average Bonchev–Trinajstić information content (AvgIpc) is 3.21. The van der Waals surface area contributed by atoms with E-state index in [4.69, 9.17) is 20.2 Å². The van der Waals surface area contributed by atoms with Crippen LogP contribution in [0, 0.1) is 41.5 Å². The zero-order valence-electron chi connectivity index (χ0n) is 28.8. The molecule has 248 valence electrons. The van der Waals surface area contributed by atoms with Gasteiger partial charge in [-0.15, -0.1) is 0 Å². The topological polar surface area (TPSA) is 99.3 Å². The van der Waals surface area contributed by atoms with Crippen molar-refractivity contribution in [3.8, 4) is 0 Å². The van der Waals surface area contributed by atoms with Gasteiger partial charge < -0.3 is 10.2 Å². The van der Waals surface area contributed by atoms with Gasteiger partial charge in [0.15, 0.2) is 11.6 Å². The van der Waals surface area contributed by atoms with Crippen LogP contribution in [-0.4, -0.2) is 33.2 Å². The van der Waals surface area contributed by atoms with Crippen molar-refractivity contribution in [2.24, 2.45) is 9.98 Å². The van der Waals surface area contributed by atoms with Gasteiger partial charge >= 0.3 is 0 Å². The summed E-state index contributed by atoms with van der Waals surface area (Å²) in [6, 6.07) is 21.8. The predicted octanol–water partition coefficient (Wildman–Crippen LogP) is 10.0. The zero-order valence-corrected chi connectivity index (χ0v) is 29.8. The van der Waals surface area contributed by atoms with E-state index in [2.05, 4.69) is 102 Å². The van der Waals surface area contributed by atoms with Gasteiger partial charge in [0.05, 0.1) is 34.3 Å². The molecule has 0 radical (unpaired) electrons. The van der Waals surface area contributed by atoms with E-state index in [-0.39, 0.29) is 39.6 Å². The molecule has 0 fully saturated rings. The summed E-state index contributed by atoms with van der Waals surface area (Å²) in [5, 5.41) is 19.2. The molecule has 0 unspecified atom stereocenters. The number of aliphatic hydroxyl groups excluding tert-OH is 2. The van der Waals surface area contributed by atoms with Crippen LogP contribution in [0.5, 0.6) is 0 Å². The van der Waals surface area contributed by atoms with Crippen molar-refractivity contribution in [2.45, 2.75) is 69.2 Å². The molecule has 1 aliphatic carbocycles. The molecule has 0 bridgehead atoms. The zero-order chi connectivity index (χ0) is 34.3. The van der Waals surface area contributed by atoms with Gasteiger partial charge in [-0.1, -0.05) is 71.8 Å². The Balaban J connectivity index is 0.000000432. The van der Waals surface area contributed by atoms with E-state index < -0.39 is 0 Å². The van der Waals surface area contributed by atoms with Gasteiger partial charge in [-0.25, -0.2) is 9.98 Å². The second-order valence-electron chi connectivity index (χ2n) is 11.9. The fraction of sp³-hybridized carbons (Fsp3) is 0.250. The summed E-state index contributed by atoms with van der Waals surface area (Å²) in [6.07, 6.45) is 2.33. The van der Waals surface area contributed by atoms with Crippen LogP contribution in [0.4, 0.5) is 11.4 Å². The smallest absolute Gasteiger partial charge is 0.155 e. The number of aliphatic imine (C=N–C) groups is 2. The first-order valence-corrected chi connectivity index (χ1v) is 15.2. The summed E-state index contributed by atoms with van der Waals surface area (Å²) in [5.74, 6) is -0.125. The quantitative estimate of drug-likeness (QED) is 0.128. The number of nitrogens with zero attached hydrogens (tertiary/aromatic N) is 2. The van der Waals surface area contributed by atoms with E-state index >= 15 is 0 Å². The molecule has 0 heterocycles. The normalized spacial score (nSPS) is 13.8. The summed E-state index contributed by atoms with van der Waals surface area (Å²) in [7, 11) is 0. The van der Waals surface area contributed by atoms with E-state index in [9.17, 15) is 9.59 Å². The Morgan fingerprint density at radius 2 is 0.894 bits per heavy atom. The molecule has 0 amide bonds. The Morgan fingerprint density at radius 3 is 1.15 bits per heavy atom. The van der Waals surface area contributed by atoms with Crippen LogP contribution < -0.4 is 0 Å². The molecule has 0 aromatic heterocycles. The van der Waals surface area contributed by atoms with Crippen LogP contribution in [0.25, 0.3) is 10.8 Å². The van der Waals surface area contributed by atoms with Gasteiger partial charge in [-0.3, -0.25) is 9.59 Å². The average molecular weight is 675 g/mol. The molecule has 4 aromatic carbocycles. The number of rotatable bonds is 4. The second-order valence-corrected chi connectivity index (χ2v) is 11.9. The number of allylic oxidation sites excluding steroid dienone is 4. The summed E-state index contributed by atoms with van der Waals surface area (Å²) in [5.41, 5.74) is 13.7. The third-order valence-corrected chi connectivity index (χ3v) is 7.18. The first-order chi connectivity index (χ1) is 21.6. The van der Waals surface area contributed by atoms with Crippen molar-refractivity contribution in [1.82, 2.24) is 0 Å². The molecule has 0 saturated carbocycles. The number of carbonyl (C=O) groups excluding carboxylic acids is 2. The molecule has 5 rings (SSSR count). The molecule has 0 spiro atoms. The van der Waals surface area contributed by atoms with E-state index in [0.717, 1.165) is 22.8 Å². The SMILES string of the molecule is CC(=O)/C=C(/C)O.CC(=O)/C=C(/C)O.Cc1cc(C)c(N=C2C(=Nc3c(C)cc(C)cc3C)c3cccc4cccc2c34)c(C)c1.[Ni]. The summed E-state index contributed by atoms with van der Waals surface area (Å²) < 4.78 is 0. The molecule has 6 nitrogen and oxygen atoms in total. The third-order valence-electron chi connectivity index (χ3n) is 7.18. The van der Waals surface area contributed by atoms with Crippen molar-refractivity contribution in [3.05, 3.63) is 129 Å². The van der Waals surface area contributed by atoms with Crippen LogP contribution in [0.2, 0.25) is 0 Å². The molecule has 47 heavy (non-hydrogen) atoms. The van der Waals surface area contributed by atoms with E-state index in [0.29, 0.717) is 0 Å². The predicted molar refractivity (Wildman–Crippen MR) is 192 cm³/mol. The van der Waals surface area contributed by atoms with Crippen molar-refractivity contribution in [1.29, 1.82) is 0 Å². The Bertz CT molecular complexity index is 1760. The number of hydrogen-bond donors (Lipinski definition) is 2. The first-order valence-electron chi connectivity index (χ1n) is 15.2. The van der Waals surface area contributed by atoms with E-state index in [1.165, 1.54) is 95.1 Å². The second kappa shape index (κ2) is 16.8. The Morgan fingerprint density at radius 1 is 0.574 bits per heavy atom. The minimum absolute atomic E-state index is 0. The number of ketones is 2. The molecular formula is C40H44N2NiO4. The van der Waals surface area contributed by atoms with Crippen molar-refractivity contribution in [2.75, 3.05) is 0 Å². The minimum Gasteiger partial charge on any atom is -0.512 e. The largest absolute Gasteiger partial charge is 0.512 e. The van der Waals surface area contributed by atoms with Crippen LogP contribution in [-0.2, 0) is 26.1 Å². The van der Waals surface area contributed by atoms with Crippen LogP contribution in [0.15, 0.2) is 94.3 Å². The van der Waals surface area contributed by atoms with Crippen molar-refractivity contribution in [3.63, 3.8) is 0 Å². The van der Waals surface area contributed by atoms with Gasteiger partial charge in [0.25, 0.3) is 0 Å². The van der Waals surface area contributed by atoms with Gasteiger partial charge in [0.1, 0.15) is 0 Å². The molecule has 1 aliphatic rings. The Hall–Kier alpha value is -4.61. The standard InChI is InChI=1S/C30H28N2.2C5H8O2.Ni/c1-17-13-19(3)27(20(4)14-17)31-29-24-11-7-9-23-10-8-12-25(26(23)24)30(29)32-28-21(5)15-18(2)16-22(28)6;2*1-4(6)3-5(2)7;/h7-16H,1-6H3;2*3,6H,1-2H3;/b;2*4-3-;. The van der Waals surface area contributed by atoms with Gasteiger partial charge in [0.2, 0.25) is 0 Å². The number of hydrogen-bond acceptors (Lipinski definition) is 6. The monoisotopic (exact) mass is 674 g/mol. The number of aryl methyl sites for hydroxylation is 6. The summed E-state index contributed by atoms with van der Waals surface area (Å²) in [6.45, 7) is 18.6. The maximum Gasteiger partial charge on any atom is 0.155 e. The molecule has 4 aromatic rings. The summed E-state index contributed by atoms with van der Waals surface area (Å²) >= 11 is 0. The van der Waals surface area contributed by atoms with Crippen LogP contribution in [0.1, 0.15) is 72.2 Å². The molecule has 2 N–H and O–H groups in total.